The molecule has 0 saturated heterocycles. The average molecular weight is 395 g/mol. The SMILES string of the molecule is C=C(C)OCCCC(CCCOC(=C)C)C(CCCOC(=C)C)COC(=C)C. The molecule has 0 rings (SSSR count). The van der Waals surface area contributed by atoms with Crippen molar-refractivity contribution in [3.8, 4) is 0 Å². The van der Waals surface area contributed by atoms with Gasteiger partial charge in [-0.25, -0.2) is 0 Å². The molecule has 0 heterocycles. The lowest BCUT2D eigenvalue weighted by Gasteiger charge is -2.28. The molecule has 0 radical (unpaired) electrons. The molecule has 0 aliphatic carbocycles. The van der Waals surface area contributed by atoms with Crippen molar-refractivity contribution >= 4 is 0 Å². The van der Waals surface area contributed by atoms with Gasteiger partial charge in [0.2, 0.25) is 0 Å². The minimum absolute atomic E-state index is 0.445. The predicted octanol–water partition coefficient (Wildman–Crippen LogP) is 6.76. The van der Waals surface area contributed by atoms with E-state index in [1.807, 2.05) is 27.7 Å². The van der Waals surface area contributed by atoms with E-state index in [1.165, 1.54) is 0 Å². The summed E-state index contributed by atoms with van der Waals surface area (Å²) in [6.45, 7) is 25.6. The van der Waals surface area contributed by atoms with Crippen LogP contribution in [0.1, 0.15) is 66.2 Å². The number of ether oxygens (including phenoxy) is 4. The normalized spacial score (nSPS) is 11.6. The van der Waals surface area contributed by atoms with Crippen LogP contribution in [0.25, 0.3) is 0 Å². The molecule has 162 valence electrons. The summed E-state index contributed by atoms with van der Waals surface area (Å²) in [6, 6.07) is 0. The number of hydrogen-bond donors (Lipinski definition) is 0. The first-order valence-corrected chi connectivity index (χ1v) is 10.4. The summed E-state index contributed by atoms with van der Waals surface area (Å²) in [6.07, 6.45) is 6.22. The van der Waals surface area contributed by atoms with Gasteiger partial charge in [0, 0.05) is 0 Å². The maximum absolute atomic E-state index is 5.81. The van der Waals surface area contributed by atoms with Gasteiger partial charge in [-0.1, -0.05) is 26.3 Å². The van der Waals surface area contributed by atoms with Gasteiger partial charge in [-0.2, -0.15) is 0 Å². The lowest BCUT2D eigenvalue weighted by molar-refractivity contribution is 0.0971. The second kappa shape index (κ2) is 16.1. The van der Waals surface area contributed by atoms with Crippen LogP contribution >= 0.6 is 0 Å². The first-order valence-electron chi connectivity index (χ1n) is 10.4. The van der Waals surface area contributed by atoms with E-state index in [1.54, 1.807) is 0 Å². The Hall–Kier alpha value is -1.84. The molecule has 0 aromatic rings. The van der Waals surface area contributed by atoms with Crippen LogP contribution in [0.4, 0.5) is 0 Å². The topological polar surface area (TPSA) is 36.9 Å². The molecule has 1 unspecified atom stereocenters. The van der Waals surface area contributed by atoms with Crippen LogP contribution < -0.4 is 0 Å². The Morgan fingerprint density at radius 3 is 1.18 bits per heavy atom. The van der Waals surface area contributed by atoms with Gasteiger partial charge < -0.3 is 18.9 Å². The maximum Gasteiger partial charge on any atom is 0.0907 e. The third-order valence-corrected chi connectivity index (χ3v) is 4.41. The van der Waals surface area contributed by atoms with Crippen LogP contribution in [0.15, 0.2) is 49.4 Å². The summed E-state index contributed by atoms with van der Waals surface area (Å²) in [5, 5.41) is 0. The van der Waals surface area contributed by atoms with Crippen molar-refractivity contribution in [1.82, 2.24) is 0 Å². The third-order valence-electron chi connectivity index (χ3n) is 4.41. The summed E-state index contributed by atoms with van der Waals surface area (Å²) in [4.78, 5) is 0. The minimum atomic E-state index is 0.445. The fourth-order valence-electron chi connectivity index (χ4n) is 3.10. The summed E-state index contributed by atoms with van der Waals surface area (Å²) < 4.78 is 22.4. The second-order valence-electron chi connectivity index (χ2n) is 7.61. The summed E-state index contributed by atoms with van der Waals surface area (Å²) in [5.41, 5.74) is 0. The maximum atomic E-state index is 5.81. The molecule has 0 aromatic carbocycles. The minimum Gasteiger partial charge on any atom is -0.499 e. The highest BCUT2D eigenvalue weighted by Crippen LogP contribution is 2.28. The molecule has 0 N–H and O–H groups in total. The predicted molar refractivity (Wildman–Crippen MR) is 118 cm³/mol. The zero-order valence-electron chi connectivity index (χ0n) is 18.7. The number of allylic oxidation sites excluding steroid dienone is 4. The van der Waals surface area contributed by atoms with E-state index >= 15 is 0 Å². The van der Waals surface area contributed by atoms with E-state index in [-0.39, 0.29) is 0 Å². The monoisotopic (exact) mass is 394 g/mol. The van der Waals surface area contributed by atoms with Crippen LogP contribution in [0, 0.1) is 11.8 Å². The lowest BCUT2D eigenvalue weighted by Crippen LogP contribution is -2.22. The van der Waals surface area contributed by atoms with Crippen molar-refractivity contribution in [3.05, 3.63) is 49.4 Å². The summed E-state index contributed by atoms with van der Waals surface area (Å²) in [7, 11) is 0. The van der Waals surface area contributed by atoms with Gasteiger partial charge in [0.1, 0.15) is 0 Å². The molecule has 0 spiro atoms. The Morgan fingerprint density at radius 2 is 0.857 bits per heavy atom. The molecule has 1 atom stereocenters. The van der Waals surface area contributed by atoms with Crippen molar-refractivity contribution in [2.75, 3.05) is 26.4 Å². The zero-order chi connectivity index (χ0) is 21.4. The molecule has 0 aliphatic rings. The third kappa shape index (κ3) is 16.3. The average Bonchev–Trinajstić information content (AvgIpc) is 2.59. The fourth-order valence-corrected chi connectivity index (χ4v) is 3.10. The number of hydrogen-bond acceptors (Lipinski definition) is 4. The van der Waals surface area contributed by atoms with Gasteiger partial charge in [0.15, 0.2) is 0 Å². The van der Waals surface area contributed by atoms with Crippen LogP contribution in [-0.4, -0.2) is 26.4 Å². The lowest BCUT2D eigenvalue weighted by atomic mass is 9.82. The highest BCUT2D eigenvalue weighted by molar-refractivity contribution is 4.79. The van der Waals surface area contributed by atoms with Gasteiger partial charge >= 0.3 is 0 Å². The van der Waals surface area contributed by atoms with Crippen molar-refractivity contribution < 1.29 is 18.9 Å². The molecular formula is C24H42O4. The molecule has 4 heteroatoms. The molecule has 0 bridgehead atoms. The molecule has 0 amide bonds. The second-order valence-corrected chi connectivity index (χ2v) is 7.61. The molecule has 0 aliphatic heterocycles. The van der Waals surface area contributed by atoms with Gasteiger partial charge in [-0.3, -0.25) is 0 Å². The van der Waals surface area contributed by atoms with Gasteiger partial charge in [-0.15, -0.1) is 0 Å². The van der Waals surface area contributed by atoms with Crippen LogP contribution in [0.5, 0.6) is 0 Å². The van der Waals surface area contributed by atoms with E-state index in [2.05, 4.69) is 26.3 Å². The van der Waals surface area contributed by atoms with Crippen LogP contribution in [-0.2, 0) is 18.9 Å². The summed E-state index contributed by atoms with van der Waals surface area (Å²) in [5.74, 6) is 4.04. The highest BCUT2D eigenvalue weighted by atomic mass is 16.5. The first-order chi connectivity index (χ1) is 13.2. The smallest absolute Gasteiger partial charge is 0.0907 e. The molecule has 4 nitrogen and oxygen atoms in total. The largest absolute Gasteiger partial charge is 0.499 e. The Balaban J connectivity index is 4.78. The van der Waals surface area contributed by atoms with Crippen molar-refractivity contribution in [3.63, 3.8) is 0 Å². The van der Waals surface area contributed by atoms with Crippen molar-refractivity contribution in [2.24, 2.45) is 11.8 Å². The van der Waals surface area contributed by atoms with Crippen molar-refractivity contribution in [1.29, 1.82) is 0 Å². The standard InChI is InChI=1S/C24H42O4/c1-19(2)25-15-9-12-23(13-10-16-26-20(3)4)24(18-28-22(7)8)14-11-17-27-21(5)6/h23-24H,1,3,5,7,9-18H2,2,4,6,8H3. The van der Waals surface area contributed by atoms with Crippen LogP contribution in [0.3, 0.4) is 0 Å². The molecule has 0 fully saturated rings. The van der Waals surface area contributed by atoms with Crippen LogP contribution in [0.2, 0.25) is 0 Å². The Labute approximate surface area is 173 Å². The quantitative estimate of drug-likeness (QED) is 0.179. The van der Waals surface area contributed by atoms with Crippen molar-refractivity contribution in [2.45, 2.75) is 66.2 Å². The van der Waals surface area contributed by atoms with E-state index < -0.39 is 0 Å². The van der Waals surface area contributed by atoms with E-state index in [0.29, 0.717) is 38.3 Å². The van der Waals surface area contributed by atoms with E-state index in [9.17, 15) is 0 Å². The Morgan fingerprint density at radius 1 is 0.536 bits per heavy atom. The molecule has 28 heavy (non-hydrogen) atoms. The fraction of sp³-hybridized carbons (Fsp3) is 0.667. The van der Waals surface area contributed by atoms with Gasteiger partial charge in [0.05, 0.1) is 49.5 Å². The van der Waals surface area contributed by atoms with E-state index in [4.69, 9.17) is 18.9 Å². The Kier molecular flexibility index (Phi) is 15.1. The molecule has 0 aromatic heterocycles. The van der Waals surface area contributed by atoms with E-state index in [0.717, 1.165) is 61.6 Å². The summed E-state index contributed by atoms with van der Waals surface area (Å²) >= 11 is 0. The molecule has 0 saturated carbocycles. The Bertz CT molecular complexity index is 459. The molecular weight excluding hydrogens is 352 g/mol. The number of rotatable bonds is 19. The van der Waals surface area contributed by atoms with Gasteiger partial charge in [-0.05, 0) is 78.1 Å². The highest BCUT2D eigenvalue weighted by Gasteiger charge is 2.22. The first kappa shape index (κ1) is 26.2. The zero-order valence-corrected chi connectivity index (χ0v) is 18.7. The van der Waals surface area contributed by atoms with Gasteiger partial charge in [0.25, 0.3) is 0 Å².